The van der Waals surface area contributed by atoms with Gasteiger partial charge in [0.2, 0.25) is 0 Å². The highest BCUT2D eigenvalue weighted by Crippen LogP contribution is 2.21. The van der Waals surface area contributed by atoms with Crippen molar-refractivity contribution in [1.82, 2.24) is 5.01 Å². The van der Waals surface area contributed by atoms with Crippen molar-refractivity contribution in [3.05, 3.63) is 60.2 Å². The third-order valence-corrected chi connectivity index (χ3v) is 3.80. The summed E-state index contributed by atoms with van der Waals surface area (Å²) < 4.78 is 5.85. The topological polar surface area (TPSA) is 29.3 Å². The van der Waals surface area contributed by atoms with E-state index in [1.807, 2.05) is 60.8 Å². The monoisotopic (exact) mass is 296 g/mol. The SMILES string of the molecule is C[NH+]1CCN(/N=C\c2cccc(Oc3ccccc3)c2)CC1. The molecule has 2 aromatic rings. The number of benzene rings is 2. The van der Waals surface area contributed by atoms with Gasteiger partial charge in [-0.25, -0.2) is 0 Å². The van der Waals surface area contributed by atoms with Gasteiger partial charge in [0, 0.05) is 0 Å². The molecule has 22 heavy (non-hydrogen) atoms. The maximum absolute atomic E-state index is 5.85. The molecule has 0 aromatic heterocycles. The highest BCUT2D eigenvalue weighted by Gasteiger charge is 2.13. The van der Waals surface area contributed by atoms with Crippen LogP contribution in [0.25, 0.3) is 0 Å². The molecule has 114 valence electrons. The molecule has 1 N–H and O–H groups in total. The Balaban J connectivity index is 1.64. The van der Waals surface area contributed by atoms with Crippen LogP contribution in [-0.2, 0) is 0 Å². The summed E-state index contributed by atoms with van der Waals surface area (Å²) in [6.07, 6.45) is 1.92. The van der Waals surface area contributed by atoms with Crippen LogP contribution < -0.4 is 9.64 Å². The van der Waals surface area contributed by atoms with Crippen molar-refractivity contribution in [2.24, 2.45) is 5.10 Å². The normalized spacial score (nSPS) is 16.1. The molecule has 0 saturated carbocycles. The van der Waals surface area contributed by atoms with Crippen LogP contribution in [-0.4, -0.2) is 44.5 Å². The quantitative estimate of drug-likeness (QED) is 0.869. The number of para-hydroxylation sites is 1. The van der Waals surface area contributed by atoms with Gasteiger partial charge in [0.15, 0.2) is 0 Å². The second-order valence-corrected chi connectivity index (χ2v) is 5.64. The van der Waals surface area contributed by atoms with Crippen LogP contribution in [0, 0.1) is 0 Å². The van der Waals surface area contributed by atoms with Gasteiger partial charge >= 0.3 is 0 Å². The molecule has 0 spiro atoms. The highest BCUT2D eigenvalue weighted by atomic mass is 16.5. The molecule has 0 amide bonds. The predicted octanol–water partition coefficient (Wildman–Crippen LogP) is 1.64. The molecule has 3 rings (SSSR count). The summed E-state index contributed by atoms with van der Waals surface area (Å²) in [5.41, 5.74) is 1.06. The van der Waals surface area contributed by atoms with Gasteiger partial charge in [-0.15, -0.1) is 0 Å². The maximum Gasteiger partial charge on any atom is 0.128 e. The minimum atomic E-state index is 0.831. The van der Waals surface area contributed by atoms with Crippen LogP contribution in [0.15, 0.2) is 59.7 Å². The third-order valence-electron chi connectivity index (χ3n) is 3.80. The van der Waals surface area contributed by atoms with Gasteiger partial charge in [0.1, 0.15) is 11.5 Å². The molecule has 1 heterocycles. The van der Waals surface area contributed by atoms with Crippen molar-refractivity contribution < 1.29 is 9.64 Å². The summed E-state index contributed by atoms with van der Waals surface area (Å²) in [6.45, 7) is 4.33. The first kappa shape index (κ1) is 14.6. The van der Waals surface area contributed by atoms with Crippen LogP contribution in [0.2, 0.25) is 0 Å². The molecule has 4 heteroatoms. The third kappa shape index (κ3) is 4.09. The van der Waals surface area contributed by atoms with Crippen LogP contribution >= 0.6 is 0 Å². The van der Waals surface area contributed by atoms with E-state index in [0.29, 0.717) is 0 Å². The number of hydrazone groups is 1. The lowest BCUT2D eigenvalue weighted by molar-refractivity contribution is -0.884. The molecule has 2 aromatic carbocycles. The zero-order chi connectivity index (χ0) is 15.2. The van der Waals surface area contributed by atoms with E-state index in [4.69, 9.17) is 4.74 Å². The van der Waals surface area contributed by atoms with Gasteiger partial charge in [-0.2, -0.15) is 5.10 Å². The summed E-state index contributed by atoms with van der Waals surface area (Å²) in [7, 11) is 2.23. The summed E-state index contributed by atoms with van der Waals surface area (Å²) in [6, 6.07) is 17.8. The first-order chi connectivity index (χ1) is 10.8. The average molecular weight is 296 g/mol. The minimum Gasteiger partial charge on any atom is -0.457 e. The summed E-state index contributed by atoms with van der Waals surface area (Å²) in [4.78, 5) is 1.57. The number of likely N-dealkylation sites (N-methyl/N-ethyl adjacent to an activating group) is 1. The zero-order valence-corrected chi connectivity index (χ0v) is 12.9. The van der Waals surface area contributed by atoms with Gasteiger partial charge in [-0.3, -0.25) is 5.01 Å². The second kappa shape index (κ2) is 7.09. The fraction of sp³-hybridized carbons (Fsp3) is 0.278. The lowest BCUT2D eigenvalue weighted by Gasteiger charge is -2.27. The Morgan fingerprint density at radius 3 is 2.50 bits per heavy atom. The van der Waals surface area contributed by atoms with E-state index in [1.54, 1.807) is 4.90 Å². The van der Waals surface area contributed by atoms with E-state index in [2.05, 4.69) is 17.2 Å². The Hall–Kier alpha value is -2.33. The van der Waals surface area contributed by atoms with Crippen molar-refractivity contribution in [3.63, 3.8) is 0 Å². The van der Waals surface area contributed by atoms with Crippen molar-refractivity contribution in [2.45, 2.75) is 0 Å². The van der Waals surface area contributed by atoms with Gasteiger partial charge < -0.3 is 9.64 Å². The van der Waals surface area contributed by atoms with Gasteiger partial charge in [-0.05, 0) is 29.8 Å². The lowest BCUT2D eigenvalue weighted by Crippen LogP contribution is -3.11. The molecule has 0 atom stereocenters. The molecule has 0 radical (unpaired) electrons. The Morgan fingerprint density at radius 1 is 1.00 bits per heavy atom. The van der Waals surface area contributed by atoms with Gasteiger partial charge in [0.05, 0.1) is 39.4 Å². The van der Waals surface area contributed by atoms with E-state index < -0.39 is 0 Å². The van der Waals surface area contributed by atoms with Gasteiger partial charge in [0.25, 0.3) is 0 Å². The first-order valence-corrected chi connectivity index (χ1v) is 7.73. The molecular formula is C18H22N3O+. The number of ether oxygens (including phenoxy) is 1. The fourth-order valence-corrected chi connectivity index (χ4v) is 2.42. The van der Waals surface area contributed by atoms with Crippen molar-refractivity contribution in [3.8, 4) is 11.5 Å². The summed E-state index contributed by atoms with van der Waals surface area (Å²) in [5, 5.41) is 6.71. The molecular weight excluding hydrogens is 274 g/mol. The van der Waals surface area contributed by atoms with Crippen molar-refractivity contribution in [1.29, 1.82) is 0 Å². The number of nitrogens with zero attached hydrogens (tertiary/aromatic N) is 2. The predicted molar refractivity (Wildman–Crippen MR) is 88.7 cm³/mol. The Kier molecular flexibility index (Phi) is 4.71. The molecule has 1 fully saturated rings. The van der Waals surface area contributed by atoms with E-state index in [1.165, 1.54) is 0 Å². The summed E-state index contributed by atoms with van der Waals surface area (Å²) >= 11 is 0. The Labute approximate surface area is 131 Å². The molecule has 0 unspecified atom stereocenters. The number of piperazine rings is 1. The van der Waals surface area contributed by atoms with Crippen LogP contribution in [0.1, 0.15) is 5.56 Å². The van der Waals surface area contributed by atoms with Crippen LogP contribution in [0.4, 0.5) is 0 Å². The molecule has 0 aliphatic carbocycles. The molecule has 4 nitrogen and oxygen atoms in total. The minimum absolute atomic E-state index is 0.831. The zero-order valence-electron chi connectivity index (χ0n) is 12.9. The Morgan fingerprint density at radius 2 is 1.73 bits per heavy atom. The molecule has 1 aliphatic rings. The summed E-state index contributed by atoms with van der Waals surface area (Å²) in [5.74, 6) is 1.68. The number of hydrogen-bond acceptors (Lipinski definition) is 3. The highest BCUT2D eigenvalue weighted by molar-refractivity contribution is 5.80. The van der Waals surface area contributed by atoms with Crippen molar-refractivity contribution in [2.75, 3.05) is 33.2 Å². The Bertz CT molecular complexity index is 619. The largest absolute Gasteiger partial charge is 0.457 e. The van der Waals surface area contributed by atoms with Crippen LogP contribution in [0.3, 0.4) is 0 Å². The number of rotatable bonds is 4. The van der Waals surface area contributed by atoms with E-state index in [-0.39, 0.29) is 0 Å². The second-order valence-electron chi connectivity index (χ2n) is 5.64. The molecule has 0 bridgehead atoms. The average Bonchev–Trinajstić information content (AvgIpc) is 2.56. The number of hydrogen-bond donors (Lipinski definition) is 1. The smallest absolute Gasteiger partial charge is 0.128 e. The van der Waals surface area contributed by atoms with E-state index >= 15 is 0 Å². The number of nitrogens with one attached hydrogen (secondary N) is 1. The standard InChI is InChI=1S/C18H21N3O/c1-20-10-12-21(13-11-20)19-15-16-6-5-9-18(14-16)22-17-7-3-2-4-8-17/h2-9,14-15H,10-13H2,1H3/p+1/b19-15-. The first-order valence-electron chi connectivity index (χ1n) is 7.73. The van der Waals surface area contributed by atoms with Crippen molar-refractivity contribution >= 4 is 6.21 Å². The maximum atomic E-state index is 5.85. The fourth-order valence-electron chi connectivity index (χ4n) is 2.42. The van der Waals surface area contributed by atoms with E-state index in [9.17, 15) is 0 Å². The van der Waals surface area contributed by atoms with E-state index in [0.717, 1.165) is 43.2 Å². The lowest BCUT2D eigenvalue weighted by atomic mass is 10.2. The molecule has 1 aliphatic heterocycles. The van der Waals surface area contributed by atoms with Crippen LogP contribution in [0.5, 0.6) is 11.5 Å². The van der Waals surface area contributed by atoms with Gasteiger partial charge in [-0.1, -0.05) is 30.3 Å². The number of quaternary nitrogens is 1. The molecule has 1 saturated heterocycles.